The number of pyridine rings is 1. The smallest absolute Gasteiger partial charge is 0.352 e. The van der Waals surface area contributed by atoms with Crippen molar-refractivity contribution < 1.29 is 14.6 Å². The number of hydrogen-bond acceptors (Lipinski definition) is 4. The summed E-state index contributed by atoms with van der Waals surface area (Å²) >= 11 is 0. The zero-order valence-corrected chi connectivity index (χ0v) is 11.7. The number of aromatic nitrogens is 1. The minimum atomic E-state index is -1.10. The normalized spacial score (nSPS) is 15.4. The lowest BCUT2D eigenvalue weighted by Crippen LogP contribution is -2.36. The summed E-state index contributed by atoms with van der Waals surface area (Å²) in [5, 5.41) is 9.79. The molecule has 1 fully saturated rings. The van der Waals surface area contributed by atoms with Crippen LogP contribution in [-0.2, 0) is 11.8 Å². The van der Waals surface area contributed by atoms with E-state index in [0.29, 0.717) is 24.1 Å². The molecule has 0 unspecified atom stereocenters. The summed E-state index contributed by atoms with van der Waals surface area (Å²) in [6.07, 6.45) is 0. The monoisotopic (exact) mass is 288 g/mol. The van der Waals surface area contributed by atoms with Crippen LogP contribution in [0.15, 0.2) is 29.1 Å². The Morgan fingerprint density at radius 3 is 2.67 bits per heavy atom. The molecule has 0 atom stereocenters. The van der Waals surface area contributed by atoms with Gasteiger partial charge in [0.05, 0.1) is 24.4 Å². The maximum absolute atomic E-state index is 12.2. The molecule has 2 heterocycles. The highest BCUT2D eigenvalue weighted by atomic mass is 16.5. The first-order valence-corrected chi connectivity index (χ1v) is 6.78. The Morgan fingerprint density at radius 1 is 1.29 bits per heavy atom. The molecule has 3 rings (SSSR count). The van der Waals surface area contributed by atoms with Gasteiger partial charge in [0.25, 0.3) is 0 Å². The number of carboxylic acid groups (broad SMARTS) is 1. The topological polar surface area (TPSA) is 71.8 Å². The number of benzene rings is 1. The maximum atomic E-state index is 12.2. The maximum Gasteiger partial charge on any atom is 0.352 e. The molecule has 0 saturated carbocycles. The number of rotatable bonds is 2. The van der Waals surface area contributed by atoms with Crippen LogP contribution in [0.4, 0.5) is 5.69 Å². The summed E-state index contributed by atoms with van der Waals surface area (Å²) in [6, 6.07) is 6.65. The van der Waals surface area contributed by atoms with Gasteiger partial charge < -0.3 is 19.3 Å². The second-order valence-corrected chi connectivity index (χ2v) is 5.03. The van der Waals surface area contributed by atoms with Crippen molar-refractivity contribution in [3.63, 3.8) is 0 Å². The summed E-state index contributed by atoms with van der Waals surface area (Å²) in [6.45, 7) is 2.71. The van der Waals surface area contributed by atoms with Crippen LogP contribution < -0.4 is 10.3 Å². The molecule has 21 heavy (non-hydrogen) atoms. The lowest BCUT2D eigenvalue weighted by Gasteiger charge is -2.30. The van der Waals surface area contributed by atoms with Crippen LogP contribution in [0.5, 0.6) is 0 Å². The van der Waals surface area contributed by atoms with Gasteiger partial charge in [-0.1, -0.05) is 6.07 Å². The zero-order valence-electron chi connectivity index (χ0n) is 11.7. The minimum absolute atomic E-state index is 0.00629. The number of aromatic carboxylic acids is 1. The van der Waals surface area contributed by atoms with Gasteiger partial charge in [-0.3, -0.25) is 4.79 Å². The van der Waals surface area contributed by atoms with Gasteiger partial charge >= 0.3 is 5.97 Å². The van der Waals surface area contributed by atoms with Crippen molar-refractivity contribution in [2.75, 3.05) is 31.2 Å². The van der Waals surface area contributed by atoms with Crippen molar-refractivity contribution in [3.8, 4) is 0 Å². The number of carbonyl (C=O) groups is 1. The number of anilines is 1. The predicted molar refractivity (Wildman–Crippen MR) is 79.2 cm³/mol. The largest absolute Gasteiger partial charge is 0.477 e. The first-order chi connectivity index (χ1) is 10.1. The zero-order chi connectivity index (χ0) is 15.0. The molecular weight excluding hydrogens is 272 g/mol. The fourth-order valence-corrected chi connectivity index (χ4v) is 2.77. The summed E-state index contributed by atoms with van der Waals surface area (Å²) in [4.78, 5) is 25.6. The number of morpholine rings is 1. The molecule has 0 bridgehead atoms. The second kappa shape index (κ2) is 5.21. The van der Waals surface area contributed by atoms with E-state index in [-0.39, 0.29) is 11.1 Å². The first-order valence-electron chi connectivity index (χ1n) is 6.78. The van der Waals surface area contributed by atoms with E-state index in [9.17, 15) is 14.7 Å². The average Bonchev–Trinajstić information content (AvgIpc) is 2.51. The van der Waals surface area contributed by atoms with E-state index < -0.39 is 5.97 Å². The van der Waals surface area contributed by atoms with Crippen LogP contribution in [-0.4, -0.2) is 41.9 Å². The van der Waals surface area contributed by atoms with E-state index >= 15 is 0 Å². The van der Waals surface area contributed by atoms with Crippen molar-refractivity contribution in [2.45, 2.75) is 0 Å². The van der Waals surface area contributed by atoms with Crippen molar-refractivity contribution in [2.24, 2.45) is 7.05 Å². The Morgan fingerprint density at radius 2 is 2.00 bits per heavy atom. The van der Waals surface area contributed by atoms with E-state index in [1.54, 1.807) is 17.7 Å². The Kier molecular flexibility index (Phi) is 3.39. The van der Waals surface area contributed by atoms with Gasteiger partial charge in [-0.2, -0.15) is 0 Å². The molecular formula is C15H16N2O4. The number of hydrogen-bond donors (Lipinski definition) is 1. The van der Waals surface area contributed by atoms with Crippen LogP contribution in [0, 0.1) is 0 Å². The highest BCUT2D eigenvalue weighted by Crippen LogP contribution is 2.26. The van der Waals surface area contributed by atoms with E-state index in [1.807, 2.05) is 12.1 Å². The Labute approximate surface area is 121 Å². The van der Waals surface area contributed by atoms with Crippen LogP contribution >= 0.6 is 0 Å². The van der Waals surface area contributed by atoms with Crippen LogP contribution in [0.25, 0.3) is 10.9 Å². The summed E-state index contributed by atoms with van der Waals surface area (Å²) < 4.78 is 6.92. The van der Waals surface area contributed by atoms with Gasteiger partial charge in [-0.05, 0) is 12.1 Å². The fraction of sp³-hybridized carbons (Fsp3) is 0.333. The second-order valence-electron chi connectivity index (χ2n) is 5.03. The number of aryl methyl sites for hydroxylation is 1. The van der Waals surface area contributed by atoms with Crippen LogP contribution in [0.3, 0.4) is 0 Å². The molecule has 110 valence electrons. The molecule has 6 nitrogen and oxygen atoms in total. The predicted octanol–water partition coefficient (Wildman–Crippen LogP) is 1.07. The molecule has 1 aromatic carbocycles. The molecule has 1 saturated heterocycles. The van der Waals surface area contributed by atoms with Crippen molar-refractivity contribution in [1.82, 2.24) is 4.57 Å². The van der Waals surface area contributed by atoms with Gasteiger partial charge in [-0.15, -0.1) is 0 Å². The third-order valence-electron chi connectivity index (χ3n) is 3.82. The van der Waals surface area contributed by atoms with E-state index in [4.69, 9.17) is 4.74 Å². The molecule has 0 amide bonds. The number of ether oxygens (including phenoxy) is 1. The minimum Gasteiger partial charge on any atom is -0.477 e. The third-order valence-corrected chi connectivity index (χ3v) is 3.82. The summed E-state index contributed by atoms with van der Waals surface area (Å²) in [5.41, 5.74) is 1.26. The molecule has 1 aliphatic rings. The highest BCUT2D eigenvalue weighted by Gasteiger charge is 2.19. The Hall–Kier alpha value is -2.34. The van der Waals surface area contributed by atoms with Crippen molar-refractivity contribution in [3.05, 3.63) is 40.2 Å². The quantitative estimate of drug-likeness (QED) is 0.895. The molecule has 1 aromatic heterocycles. The Bertz CT molecular complexity index is 760. The van der Waals surface area contributed by atoms with Gasteiger partial charge in [0.15, 0.2) is 5.43 Å². The number of carboxylic acids is 1. The average molecular weight is 288 g/mol. The van der Waals surface area contributed by atoms with E-state index in [0.717, 1.165) is 18.8 Å². The number of fused-ring (bicyclic) bond motifs is 1. The van der Waals surface area contributed by atoms with E-state index in [1.165, 1.54) is 6.07 Å². The summed E-state index contributed by atoms with van der Waals surface area (Å²) in [5.74, 6) is -1.10. The van der Waals surface area contributed by atoms with Crippen LogP contribution in [0.2, 0.25) is 0 Å². The van der Waals surface area contributed by atoms with Gasteiger partial charge in [0, 0.05) is 31.6 Å². The van der Waals surface area contributed by atoms with Crippen molar-refractivity contribution in [1.29, 1.82) is 0 Å². The molecule has 0 radical (unpaired) electrons. The molecule has 0 aliphatic carbocycles. The first kappa shape index (κ1) is 13.6. The third kappa shape index (κ3) is 2.27. The number of nitrogens with zero attached hydrogens (tertiary/aromatic N) is 2. The molecule has 6 heteroatoms. The van der Waals surface area contributed by atoms with Gasteiger partial charge in [0.2, 0.25) is 0 Å². The Balaban J connectivity index is 2.30. The van der Waals surface area contributed by atoms with E-state index in [2.05, 4.69) is 4.90 Å². The van der Waals surface area contributed by atoms with Crippen LogP contribution in [0.1, 0.15) is 10.5 Å². The molecule has 1 N–H and O–H groups in total. The standard InChI is InChI=1S/C15H16N2O4/c1-16-12(15(19)20)9-13(18)10-3-2-4-11(14(10)16)17-5-7-21-8-6-17/h2-4,9H,5-8H2,1H3,(H,19,20). The number of para-hydroxylation sites is 1. The SMILES string of the molecule is Cn1c(C(=O)O)cc(=O)c2cccc(N3CCOCC3)c21. The molecule has 2 aromatic rings. The molecule has 1 aliphatic heterocycles. The van der Waals surface area contributed by atoms with Gasteiger partial charge in [0.1, 0.15) is 5.69 Å². The lowest BCUT2D eigenvalue weighted by molar-refractivity contribution is 0.0686. The highest BCUT2D eigenvalue weighted by molar-refractivity contribution is 5.96. The molecule has 0 spiro atoms. The van der Waals surface area contributed by atoms with Gasteiger partial charge in [-0.25, -0.2) is 4.79 Å². The lowest BCUT2D eigenvalue weighted by atomic mass is 10.1. The van der Waals surface area contributed by atoms with Crippen molar-refractivity contribution >= 4 is 22.6 Å². The summed E-state index contributed by atoms with van der Waals surface area (Å²) in [7, 11) is 1.68. The fourth-order valence-electron chi connectivity index (χ4n) is 2.77.